The van der Waals surface area contributed by atoms with E-state index in [2.05, 4.69) is 32.5 Å². The fraction of sp³-hybridized carbons (Fsp3) is 0.357. The standard InChI is InChI=1S/C14H18N4O2/c1-9(15-8-14-10(2)17-20-18-14)12-5-4-6-13(7-12)16-11(3)19/h4-7,9,15H,8H2,1-3H3,(H,16,19). The number of aryl methyl sites for hydroxylation is 1. The van der Waals surface area contributed by atoms with Crippen molar-refractivity contribution in [1.29, 1.82) is 0 Å². The smallest absolute Gasteiger partial charge is 0.221 e. The zero-order valence-corrected chi connectivity index (χ0v) is 11.8. The van der Waals surface area contributed by atoms with Crippen LogP contribution in [0, 0.1) is 6.92 Å². The number of hydrogen-bond donors (Lipinski definition) is 2. The first-order valence-corrected chi connectivity index (χ1v) is 6.45. The molecule has 6 nitrogen and oxygen atoms in total. The van der Waals surface area contributed by atoms with E-state index in [1.165, 1.54) is 6.92 Å². The van der Waals surface area contributed by atoms with Gasteiger partial charge in [0.2, 0.25) is 5.91 Å². The Balaban J connectivity index is 2.00. The van der Waals surface area contributed by atoms with Crippen molar-refractivity contribution in [1.82, 2.24) is 15.6 Å². The van der Waals surface area contributed by atoms with Gasteiger partial charge in [-0.1, -0.05) is 22.4 Å². The van der Waals surface area contributed by atoms with Gasteiger partial charge in [-0.2, -0.15) is 0 Å². The minimum Gasteiger partial charge on any atom is -0.326 e. The highest BCUT2D eigenvalue weighted by molar-refractivity contribution is 5.88. The second-order valence-corrected chi connectivity index (χ2v) is 4.71. The molecule has 0 radical (unpaired) electrons. The van der Waals surface area contributed by atoms with Gasteiger partial charge in [-0.15, -0.1) is 0 Å². The topological polar surface area (TPSA) is 80.0 Å². The molecular formula is C14H18N4O2. The number of aromatic nitrogens is 2. The molecule has 1 unspecified atom stereocenters. The van der Waals surface area contributed by atoms with Crippen molar-refractivity contribution >= 4 is 11.6 Å². The number of rotatable bonds is 5. The van der Waals surface area contributed by atoms with Crippen LogP contribution in [0.25, 0.3) is 0 Å². The largest absolute Gasteiger partial charge is 0.326 e. The number of carbonyl (C=O) groups excluding carboxylic acids is 1. The van der Waals surface area contributed by atoms with E-state index in [0.717, 1.165) is 22.6 Å². The minimum atomic E-state index is -0.0768. The van der Waals surface area contributed by atoms with Crippen molar-refractivity contribution in [3.8, 4) is 0 Å². The Labute approximate surface area is 117 Å². The molecule has 20 heavy (non-hydrogen) atoms. The Morgan fingerprint density at radius 3 is 2.85 bits per heavy atom. The number of amides is 1. The summed E-state index contributed by atoms with van der Waals surface area (Å²) in [5.74, 6) is -0.0768. The lowest BCUT2D eigenvalue weighted by Crippen LogP contribution is -2.19. The molecule has 2 aromatic rings. The van der Waals surface area contributed by atoms with Crippen LogP contribution in [0.3, 0.4) is 0 Å². The molecule has 2 N–H and O–H groups in total. The Kier molecular flexibility index (Phi) is 4.47. The molecular weight excluding hydrogens is 256 g/mol. The van der Waals surface area contributed by atoms with E-state index in [4.69, 9.17) is 0 Å². The fourth-order valence-corrected chi connectivity index (χ4v) is 1.87. The third kappa shape index (κ3) is 3.64. The van der Waals surface area contributed by atoms with Crippen molar-refractivity contribution in [2.45, 2.75) is 33.4 Å². The van der Waals surface area contributed by atoms with Gasteiger partial charge >= 0.3 is 0 Å². The summed E-state index contributed by atoms with van der Waals surface area (Å²) in [4.78, 5) is 11.1. The van der Waals surface area contributed by atoms with Crippen LogP contribution in [0.1, 0.15) is 36.8 Å². The molecule has 0 aliphatic heterocycles. The molecule has 106 valence electrons. The van der Waals surface area contributed by atoms with E-state index in [9.17, 15) is 4.79 Å². The Hall–Kier alpha value is -2.21. The number of hydrogen-bond acceptors (Lipinski definition) is 5. The predicted octanol–water partition coefficient (Wildman–Crippen LogP) is 2.19. The van der Waals surface area contributed by atoms with Gasteiger partial charge in [-0.3, -0.25) is 4.79 Å². The van der Waals surface area contributed by atoms with Crippen LogP contribution >= 0.6 is 0 Å². The first-order valence-electron chi connectivity index (χ1n) is 6.45. The summed E-state index contributed by atoms with van der Waals surface area (Å²) in [6.07, 6.45) is 0. The lowest BCUT2D eigenvalue weighted by molar-refractivity contribution is -0.114. The van der Waals surface area contributed by atoms with E-state index in [1.54, 1.807) is 0 Å². The number of carbonyl (C=O) groups is 1. The summed E-state index contributed by atoms with van der Waals surface area (Å²) in [7, 11) is 0. The van der Waals surface area contributed by atoms with Crippen LogP contribution in [0.15, 0.2) is 28.9 Å². The zero-order chi connectivity index (χ0) is 14.5. The van der Waals surface area contributed by atoms with E-state index in [-0.39, 0.29) is 11.9 Å². The fourth-order valence-electron chi connectivity index (χ4n) is 1.87. The molecule has 0 bridgehead atoms. The summed E-state index contributed by atoms with van der Waals surface area (Å²) < 4.78 is 4.66. The number of nitrogens with one attached hydrogen (secondary N) is 2. The number of benzene rings is 1. The highest BCUT2D eigenvalue weighted by Gasteiger charge is 2.09. The lowest BCUT2D eigenvalue weighted by Gasteiger charge is -2.14. The molecule has 0 saturated carbocycles. The van der Waals surface area contributed by atoms with Gasteiger partial charge in [0.1, 0.15) is 11.4 Å². The summed E-state index contributed by atoms with van der Waals surface area (Å²) >= 11 is 0. The molecule has 1 aromatic carbocycles. The number of nitrogens with zero attached hydrogens (tertiary/aromatic N) is 2. The summed E-state index contributed by atoms with van der Waals surface area (Å²) in [6.45, 7) is 5.99. The van der Waals surface area contributed by atoms with Gasteiger partial charge in [0.05, 0.1) is 0 Å². The first kappa shape index (κ1) is 14.2. The second-order valence-electron chi connectivity index (χ2n) is 4.71. The average molecular weight is 274 g/mol. The van der Waals surface area contributed by atoms with Crippen molar-refractivity contribution in [2.75, 3.05) is 5.32 Å². The highest BCUT2D eigenvalue weighted by Crippen LogP contribution is 2.18. The van der Waals surface area contributed by atoms with Crippen LogP contribution in [-0.2, 0) is 11.3 Å². The van der Waals surface area contributed by atoms with Crippen LogP contribution in [0.4, 0.5) is 5.69 Å². The van der Waals surface area contributed by atoms with E-state index >= 15 is 0 Å². The van der Waals surface area contributed by atoms with E-state index < -0.39 is 0 Å². The van der Waals surface area contributed by atoms with Gasteiger partial charge < -0.3 is 10.6 Å². The quantitative estimate of drug-likeness (QED) is 0.873. The Morgan fingerprint density at radius 1 is 1.40 bits per heavy atom. The molecule has 0 aliphatic carbocycles. The SMILES string of the molecule is CC(=O)Nc1cccc(C(C)NCc2nonc2C)c1. The normalized spacial score (nSPS) is 12.2. The highest BCUT2D eigenvalue weighted by atomic mass is 16.6. The molecule has 1 heterocycles. The lowest BCUT2D eigenvalue weighted by atomic mass is 10.1. The molecule has 0 fully saturated rings. The summed E-state index contributed by atoms with van der Waals surface area (Å²) in [6, 6.07) is 7.87. The molecule has 0 aliphatic rings. The molecule has 0 spiro atoms. The minimum absolute atomic E-state index is 0.0768. The Bertz CT molecular complexity index is 594. The van der Waals surface area contributed by atoms with Crippen LogP contribution in [0.5, 0.6) is 0 Å². The second kappa shape index (κ2) is 6.29. The van der Waals surface area contributed by atoms with E-state index in [0.29, 0.717) is 6.54 Å². The predicted molar refractivity (Wildman–Crippen MR) is 75.0 cm³/mol. The van der Waals surface area contributed by atoms with Gasteiger partial charge in [-0.05, 0) is 31.5 Å². The van der Waals surface area contributed by atoms with Crippen molar-refractivity contribution in [2.24, 2.45) is 0 Å². The maximum atomic E-state index is 11.1. The van der Waals surface area contributed by atoms with Crippen LogP contribution < -0.4 is 10.6 Å². The molecule has 1 atom stereocenters. The third-order valence-electron chi connectivity index (χ3n) is 3.03. The maximum absolute atomic E-state index is 11.1. The summed E-state index contributed by atoms with van der Waals surface area (Å²) in [5, 5.41) is 13.7. The van der Waals surface area contributed by atoms with Crippen LogP contribution in [-0.4, -0.2) is 16.2 Å². The summed E-state index contributed by atoms with van der Waals surface area (Å²) in [5.41, 5.74) is 3.47. The molecule has 6 heteroatoms. The molecule has 0 saturated heterocycles. The van der Waals surface area contributed by atoms with Gasteiger partial charge in [-0.25, -0.2) is 4.63 Å². The van der Waals surface area contributed by atoms with Crippen molar-refractivity contribution in [3.63, 3.8) is 0 Å². The molecule has 1 amide bonds. The molecule has 1 aromatic heterocycles. The zero-order valence-electron chi connectivity index (χ0n) is 11.8. The monoisotopic (exact) mass is 274 g/mol. The van der Waals surface area contributed by atoms with E-state index in [1.807, 2.05) is 31.2 Å². The van der Waals surface area contributed by atoms with Crippen LogP contribution in [0.2, 0.25) is 0 Å². The maximum Gasteiger partial charge on any atom is 0.221 e. The molecule has 2 rings (SSSR count). The third-order valence-corrected chi connectivity index (χ3v) is 3.03. The van der Waals surface area contributed by atoms with Gasteiger partial charge in [0.15, 0.2) is 0 Å². The average Bonchev–Trinajstić information content (AvgIpc) is 2.81. The number of anilines is 1. The van der Waals surface area contributed by atoms with Gasteiger partial charge in [0.25, 0.3) is 0 Å². The first-order chi connectivity index (χ1) is 9.56. The van der Waals surface area contributed by atoms with Crippen molar-refractivity contribution in [3.05, 3.63) is 41.2 Å². The van der Waals surface area contributed by atoms with Crippen molar-refractivity contribution < 1.29 is 9.42 Å². The Morgan fingerprint density at radius 2 is 2.20 bits per heavy atom. The van der Waals surface area contributed by atoms with Gasteiger partial charge in [0, 0.05) is 25.2 Å².